The molecular formula is C17H23NO2. The first kappa shape index (κ1) is 13.5. The number of benzene rings is 1. The zero-order valence-corrected chi connectivity index (χ0v) is 12.4. The Hall–Kier alpha value is -1.48. The Morgan fingerprint density at radius 3 is 2.90 bits per heavy atom. The van der Waals surface area contributed by atoms with Gasteiger partial charge in [0, 0.05) is 11.9 Å². The summed E-state index contributed by atoms with van der Waals surface area (Å²) in [6, 6.07) is 8.09. The molecule has 0 unspecified atom stereocenters. The quantitative estimate of drug-likeness (QED) is 0.824. The number of hydrogen-bond acceptors (Lipinski definition) is 3. The van der Waals surface area contributed by atoms with Crippen LogP contribution in [0.2, 0.25) is 0 Å². The Morgan fingerprint density at radius 1 is 1.35 bits per heavy atom. The van der Waals surface area contributed by atoms with Crippen LogP contribution in [-0.2, 0) is 6.54 Å². The molecule has 1 aromatic carbocycles. The van der Waals surface area contributed by atoms with E-state index in [-0.39, 0.29) is 0 Å². The molecule has 0 spiro atoms. The van der Waals surface area contributed by atoms with E-state index in [0.29, 0.717) is 5.41 Å². The van der Waals surface area contributed by atoms with E-state index in [1.807, 2.05) is 12.1 Å². The van der Waals surface area contributed by atoms with Crippen molar-refractivity contribution >= 4 is 11.0 Å². The maximum Gasteiger partial charge on any atom is 0.176 e. The lowest BCUT2D eigenvalue weighted by molar-refractivity contribution is 0.395. The molecule has 0 saturated heterocycles. The van der Waals surface area contributed by atoms with Gasteiger partial charge in [-0.1, -0.05) is 25.5 Å². The van der Waals surface area contributed by atoms with E-state index in [1.165, 1.54) is 25.7 Å². The van der Waals surface area contributed by atoms with Crippen LogP contribution in [0.15, 0.2) is 28.7 Å². The molecule has 3 nitrogen and oxygen atoms in total. The van der Waals surface area contributed by atoms with E-state index in [9.17, 15) is 0 Å². The Kier molecular flexibility index (Phi) is 3.70. The first-order chi connectivity index (χ1) is 9.76. The lowest BCUT2D eigenvalue weighted by atomic mass is 10.0. The van der Waals surface area contributed by atoms with Crippen molar-refractivity contribution in [1.29, 1.82) is 0 Å². The number of hydrogen-bond donors (Lipinski definition) is 1. The highest BCUT2D eigenvalue weighted by Gasteiger charge is 2.40. The van der Waals surface area contributed by atoms with Gasteiger partial charge in [0.1, 0.15) is 5.76 Å². The number of para-hydroxylation sites is 1. The van der Waals surface area contributed by atoms with E-state index < -0.39 is 0 Å². The minimum absolute atomic E-state index is 0.582. The van der Waals surface area contributed by atoms with Gasteiger partial charge in [-0.25, -0.2) is 0 Å². The monoisotopic (exact) mass is 273 g/mol. The average Bonchev–Trinajstić information content (AvgIpc) is 3.08. The first-order valence-corrected chi connectivity index (χ1v) is 7.52. The summed E-state index contributed by atoms with van der Waals surface area (Å²) in [5.41, 5.74) is 1.43. The molecule has 2 aromatic rings. The standard InChI is InChI=1S/C17H23NO2/c1-3-7-17(8-9-17)12-18-11-14-10-13-5-4-6-15(19-2)16(13)20-14/h4-6,10,18H,3,7-9,11-12H2,1-2H3. The number of furan rings is 1. The lowest BCUT2D eigenvalue weighted by Crippen LogP contribution is -2.23. The molecule has 3 heteroatoms. The average molecular weight is 273 g/mol. The number of fused-ring (bicyclic) bond motifs is 1. The zero-order valence-electron chi connectivity index (χ0n) is 12.4. The molecule has 0 amide bonds. The third kappa shape index (κ3) is 2.68. The largest absolute Gasteiger partial charge is 0.493 e. The number of methoxy groups -OCH3 is 1. The van der Waals surface area contributed by atoms with Gasteiger partial charge in [-0.05, 0) is 36.8 Å². The van der Waals surface area contributed by atoms with E-state index in [1.54, 1.807) is 7.11 Å². The molecule has 0 bridgehead atoms. The van der Waals surface area contributed by atoms with Crippen molar-refractivity contribution in [3.8, 4) is 5.75 Å². The van der Waals surface area contributed by atoms with Crippen molar-refractivity contribution in [2.24, 2.45) is 5.41 Å². The molecule has 1 aliphatic carbocycles. The van der Waals surface area contributed by atoms with Crippen LogP contribution in [0.4, 0.5) is 0 Å². The topological polar surface area (TPSA) is 34.4 Å². The second kappa shape index (κ2) is 5.49. The zero-order chi connectivity index (χ0) is 14.0. The van der Waals surface area contributed by atoms with E-state index in [4.69, 9.17) is 9.15 Å². The molecule has 0 radical (unpaired) electrons. The van der Waals surface area contributed by atoms with Crippen molar-refractivity contribution in [3.05, 3.63) is 30.0 Å². The first-order valence-electron chi connectivity index (χ1n) is 7.52. The van der Waals surface area contributed by atoms with Crippen molar-refractivity contribution in [2.45, 2.75) is 39.2 Å². The molecule has 1 saturated carbocycles. The van der Waals surface area contributed by atoms with Gasteiger partial charge >= 0.3 is 0 Å². The van der Waals surface area contributed by atoms with Gasteiger partial charge < -0.3 is 14.5 Å². The fraction of sp³-hybridized carbons (Fsp3) is 0.529. The molecule has 108 valence electrons. The number of ether oxygens (including phenoxy) is 1. The molecule has 20 heavy (non-hydrogen) atoms. The summed E-state index contributed by atoms with van der Waals surface area (Å²) in [7, 11) is 1.68. The minimum atomic E-state index is 0.582. The van der Waals surface area contributed by atoms with Gasteiger partial charge in [0.2, 0.25) is 0 Å². The van der Waals surface area contributed by atoms with Crippen molar-refractivity contribution < 1.29 is 9.15 Å². The smallest absolute Gasteiger partial charge is 0.176 e. The summed E-state index contributed by atoms with van der Waals surface area (Å²) in [4.78, 5) is 0. The highest BCUT2D eigenvalue weighted by molar-refractivity contribution is 5.83. The minimum Gasteiger partial charge on any atom is -0.493 e. The van der Waals surface area contributed by atoms with Crippen LogP contribution in [0.3, 0.4) is 0 Å². The fourth-order valence-electron chi connectivity index (χ4n) is 3.01. The number of rotatable bonds is 7. The van der Waals surface area contributed by atoms with Gasteiger partial charge in [0.05, 0.1) is 13.7 Å². The highest BCUT2D eigenvalue weighted by Crippen LogP contribution is 2.48. The summed E-state index contributed by atoms with van der Waals surface area (Å²) < 4.78 is 11.2. The predicted octanol–water partition coefficient (Wildman–Crippen LogP) is 4.11. The fourth-order valence-corrected chi connectivity index (χ4v) is 3.01. The van der Waals surface area contributed by atoms with Gasteiger partial charge in [0.15, 0.2) is 11.3 Å². The normalized spacial score (nSPS) is 16.5. The molecule has 0 atom stereocenters. The lowest BCUT2D eigenvalue weighted by Gasteiger charge is -2.13. The van der Waals surface area contributed by atoms with Crippen LogP contribution in [-0.4, -0.2) is 13.7 Å². The maximum atomic E-state index is 5.90. The summed E-state index contributed by atoms with van der Waals surface area (Å²) in [6.45, 7) is 4.17. The SMILES string of the molecule is CCCC1(CNCc2cc3cccc(OC)c3o2)CC1. The van der Waals surface area contributed by atoms with Crippen LogP contribution in [0.25, 0.3) is 11.0 Å². The van der Waals surface area contributed by atoms with Crippen LogP contribution in [0.5, 0.6) is 5.75 Å². The van der Waals surface area contributed by atoms with Gasteiger partial charge in [-0.2, -0.15) is 0 Å². The number of nitrogens with one attached hydrogen (secondary N) is 1. The predicted molar refractivity (Wildman–Crippen MR) is 81.0 cm³/mol. The molecular weight excluding hydrogens is 250 g/mol. The van der Waals surface area contributed by atoms with E-state index in [2.05, 4.69) is 24.4 Å². The second-order valence-electron chi connectivity index (χ2n) is 5.94. The summed E-state index contributed by atoms with van der Waals surface area (Å²) in [5, 5.41) is 4.66. The van der Waals surface area contributed by atoms with Crippen molar-refractivity contribution in [3.63, 3.8) is 0 Å². The third-order valence-corrected chi connectivity index (χ3v) is 4.32. The third-order valence-electron chi connectivity index (χ3n) is 4.32. The van der Waals surface area contributed by atoms with Gasteiger partial charge in [0.25, 0.3) is 0 Å². The molecule has 3 rings (SSSR count). The van der Waals surface area contributed by atoms with Crippen LogP contribution >= 0.6 is 0 Å². The second-order valence-corrected chi connectivity index (χ2v) is 5.94. The maximum absolute atomic E-state index is 5.90. The molecule has 1 aromatic heterocycles. The highest BCUT2D eigenvalue weighted by atomic mass is 16.5. The van der Waals surface area contributed by atoms with Crippen molar-refractivity contribution in [1.82, 2.24) is 5.32 Å². The van der Waals surface area contributed by atoms with Crippen LogP contribution in [0, 0.1) is 5.41 Å². The Labute approximate surface area is 120 Å². The molecule has 0 aliphatic heterocycles. The molecule has 1 aliphatic rings. The van der Waals surface area contributed by atoms with E-state index in [0.717, 1.165) is 35.6 Å². The Morgan fingerprint density at radius 2 is 2.20 bits per heavy atom. The molecule has 1 heterocycles. The summed E-state index contributed by atoms with van der Waals surface area (Å²) in [5.74, 6) is 1.79. The van der Waals surface area contributed by atoms with Crippen LogP contribution in [0.1, 0.15) is 38.4 Å². The summed E-state index contributed by atoms with van der Waals surface area (Å²) >= 11 is 0. The van der Waals surface area contributed by atoms with Crippen molar-refractivity contribution in [2.75, 3.05) is 13.7 Å². The van der Waals surface area contributed by atoms with Gasteiger partial charge in [-0.15, -0.1) is 0 Å². The molecule has 1 N–H and O–H groups in total. The van der Waals surface area contributed by atoms with E-state index >= 15 is 0 Å². The summed E-state index contributed by atoms with van der Waals surface area (Å²) in [6.07, 6.45) is 5.38. The van der Waals surface area contributed by atoms with Crippen LogP contribution < -0.4 is 10.1 Å². The Balaban J connectivity index is 1.63. The van der Waals surface area contributed by atoms with Gasteiger partial charge in [-0.3, -0.25) is 0 Å². The molecule has 1 fully saturated rings. The Bertz CT molecular complexity index is 584.